The maximum atomic E-state index is 14.0. The van der Waals surface area contributed by atoms with Gasteiger partial charge in [-0.3, -0.25) is 29.8 Å². The van der Waals surface area contributed by atoms with Crippen LogP contribution in [0, 0.1) is 22.5 Å². The fraction of sp³-hybridized carbons (Fsp3) is 0.404. The monoisotopic (exact) mass is 910 g/mol. The van der Waals surface area contributed by atoms with Crippen molar-refractivity contribution in [3.8, 4) is 11.5 Å². The molecule has 0 spiro atoms. The highest BCUT2D eigenvalue weighted by atomic mass is 35.5. The zero-order valence-corrected chi connectivity index (χ0v) is 38.1. The minimum atomic E-state index is -4.57. The number of piperazine rings is 1. The Balaban J connectivity index is 0.998. The number of hydrogen-bond acceptors (Lipinski definition) is 12. The summed E-state index contributed by atoms with van der Waals surface area (Å²) in [6.45, 7) is 14.8. The van der Waals surface area contributed by atoms with Crippen LogP contribution in [-0.2, 0) is 14.8 Å². The second-order valence-electron chi connectivity index (χ2n) is 17.6. The number of aryl methyl sites for hydroxylation is 1. The van der Waals surface area contributed by atoms with Gasteiger partial charge < -0.3 is 19.7 Å². The average Bonchev–Trinajstić information content (AvgIpc) is 3.67. The summed E-state index contributed by atoms with van der Waals surface area (Å²) in [5, 5.41) is 24.0. The first-order valence-corrected chi connectivity index (χ1v) is 23.7. The largest absolute Gasteiger partial charge is 0.456 e. The van der Waals surface area contributed by atoms with Gasteiger partial charge >= 0.3 is 0 Å². The van der Waals surface area contributed by atoms with Gasteiger partial charge in [-0.25, -0.2) is 13.1 Å². The smallest absolute Gasteiger partial charge is 0.293 e. The molecule has 3 N–H and O–H groups in total. The van der Waals surface area contributed by atoms with Gasteiger partial charge in [-0.1, -0.05) is 49.2 Å². The molecule has 2 saturated heterocycles. The number of rotatable bonds is 15. The fourth-order valence-electron chi connectivity index (χ4n) is 8.84. The van der Waals surface area contributed by atoms with Gasteiger partial charge in [0.25, 0.3) is 21.6 Å². The third-order valence-electron chi connectivity index (χ3n) is 12.5. The number of morpholine rings is 1. The molecule has 15 nitrogen and oxygen atoms in total. The third-order valence-corrected chi connectivity index (χ3v) is 14.0. The molecule has 0 saturated carbocycles. The number of sulfonamides is 1. The lowest BCUT2D eigenvalue weighted by Gasteiger charge is -2.39. The summed E-state index contributed by atoms with van der Waals surface area (Å²) in [7, 11) is -4.57. The molecule has 2 aliphatic heterocycles. The number of nitro benzene ring substituents is 1. The predicted molar refractivity (Wildman–Crippen MR) is 250 cm³/mol. The summed E-state index contributed by atoms with van der Waals surface area (Å²) in [6.07, 6.45) is 3.92. The first-order valence-electron chi connectivity index (χ1n) is 21.8. The number of nitro groups is 1. The molecule has 1 aromatic heterocycles. The van der Waals surface area contributed by atoms with Crippen LogP contribution in [0.15, 0.2) is 89.3 Å². The lowest BCUT2D eigenvalue weighted by molar-refractivity contribution is -0.384. The number of carbonyl (C=O) groups is 1. The SMILES string of the molecule is Cc1[nH]nc2cccc(Oc3cc(N4CCN(CC5=C(c6ccc(Cl)cc6)CC(C)(C)CC5)CC4)ccc3C(=O)NS(=O)(=O)c3ccc(NCCCN4CCOCC4)c([N+](=O)[O-])c3)c12. The Morgan fingerprint density at radius 2 is 1.73 bits per heavy atom. The molecule has 0 radical (unpaired) electrons. The van der Waals surface area contributed by atoms with Crippen LogP contribution in [0.5, 0.6) is 11.5 Å². The number of carbonyl (C=O) groups excluding carboxylic acids is 1. The van der Waals surface area contributed by atoms with Crippen molar-refractivity contribution in [3.63, 3.8) is 0 Å². The Hall–Kier alpha value is -5.52. The van der Waals surface area contributed by atoms with E-state index in [1.54, 1.807) is 30.3 Å². The molecule has 0 bridgehead atoms. The quantitative estimate of drug-likeness (QED) is 0.0522. The first-order chi connectivity index (χ1) is 30.7. The van der Waals surface area contributed by atoms with Crippen LogP contribution in [0.3, 0.4) is 0 Å². The van der Waals surface area contributed by atoms with E-state index in [4.69, 9.17) is 21.1 Å². The number of halogens is 1. The van der Waals surface area contributed by atoms with E-state index in [0.717, 1.165) is 106 Å². The number of H-pyrrole nitrogens is 1. The Morgan fingerprint density at radius 3 is 2.48 bits per heavy atom. The van der Waals surface area contributed by atoms with Crippen molar-refractivity contribution >= 4 is 61.1 Å². The molecule has 2 fully saturated rings. The predicted octanol–water partition coefficient (Wildman–Crippen LogP) is 8.26. The number of aromatic nitrogens is 2. The molecular weight excluding hydrogens is 856 g/mol. The van der Waals surface area contributed by atoms with E-state index in [-0.39, 0.29) is 22.4 Å². The van der Waals surface area contributed by atoms with Crippen LogP contribution >= 0.6 is 11.6 Å². The van der Waals surface area contributed by atoms with Gasteiger partial charge in [-0.2, -0.15) is 5.10 Å². The van der Waals surface area contributed by atoms with Crippen molar-refractivity contribution in [3.05, 3.63) is 116 Å². The summed E-state index contributed by atoms with van der Waals surface area (Å²) < 4.78 is 41.6. The van der Waals surface area contributed by atoms with E-state index in [1.165, 1.54) is 28.8 Å². The van der Waals surface area contributed by atoms with Crippen LogP contribution in [-0.4, -0.2) is 111 Å². The Kier molecular flexibility index (Phi) is 13.6. The minimum Gasteiger partial charge on any atom is -0.456 e. The summed E-state index contributed by atoms with van der Waals surface area (Å²) in [4.78, 5) is 32.1. The molecular formula is C47H55ClN8O7S. The highest BCUT2D eigenvalue weighted by Crippen LogP contribution is 2.44. The number of allylic oxidation sites excluding steroid dienone is 1. The van der Waals surface area contributed by atoms with Crippen molar-refractivity contribution in [1.29, 1.82) is 0 Å². The molecule has 0 atom stereocenters. The van der Waals surface area contributed by atoms with E-state index in [1.807, 2.05) is 25.1 Å². The van der Waals surface area contributed by atoms with E-state index in [0.29, 0.717) is 31.0 Å². The number of ether oxygens (including phenoxy) is 2. The van der Waals surface area contributed by atoms with Crippen molar-refractivity contribution < 1.29 is 27.6 Å². The summed E-state index contributed by atoms with van der Waals surface area (Å²) in [5.74, 6) is -0.367. The van der Waals surface area contributed by atoms with E-state index >= 15 is 0 Å². The van der Waals surface area contributed by atoms with Crippen LogP contribution in [0.1, 0.15) is 61.1 Å². The molecule has 3 aliphatic rings. The maximum absolute atomic E-state index is 14.0. The number of hydrogen-bond donors (Lipinski definition) is 3. The topological polar surface area (TPSA) is 175 Å². The Labute approximate surface area is 378 Å². The number of amides is 1. The molecule has 1 aliphatic carbocycles. The number of aromatic amines is 1. The van der Waals surface area contributed by atoms with Gasteiger partial charge in [0, 0.05) is 80.9 Å². The molecule has 64 heavy (non-hydrogen) atoms. The zero-order valence-electron chi connectivity index (χ0n) is 36.5. The zero-order chi connectivity index (χ0) is 45.0. The van der Waals surface area contributed by atoms with E-state index in [2.05, 4.69) is 60.9 Å². The molecule has 0 unspecified atom stereocenters. The minimum absolute atomic E-state index is 0.0287. The van der Waals surface area contributed by atoms with E-state index < -0.39 is 31.4 Å². The van der Waals surface area contributed by atoms with Crippen LogP contribution in [0.25, 0.3) is 16.5 Å². The van der Waals surface area contributed by atoms with Crippen molar-refractivity contribution in [2.45, 2.75) is 51.3 Å². The third kappa shape index (κ3) is 10.5. The highest BCUT2D eigenvalue weighted by molar-refractivity contribution is 7.90. The van der Waals surface area contributed by atoms with Gasteiger partial charge in [0.15, 0.2) is 0 Å². The van der Waals surface area contributed by atoms with Gasteiger partial charge in [-0.05, 0) is 104 Å². The summed E-state index contributed by atoms with van der Waals surface area (Å²) in [5.41, 5.74) is 6.32. The first kappa shape index (κ1) is 45.1. The van der Waals surface area contributed by atoms with Crippen LogP contribution in [0.4, 0.5) is 17.1 Å². The Bertz CT molecular complexity index is 2660. The average molecular weight is 912 g/mol. The van der Waals surface area contributed by atoms with Gasteiger partial charge in [0.05, 0.1) is 39.5 Å². The molecule has 5 aromatic rings. The van der Waals surface area contributed by atoms with E-state index in [9.17, 15) is 23.3 Å². The fourth-order valence-corrected chi connectivity index (χ4v) is 9.95. The lowest BCUT2D eigenvalue weighted by atomic mass is 9.72. The number of anilines is 2. The highest BCUT2D eigenvalue weighted by Gasteiger charge is 2.31. The lowest BCUT2D eigenvalue weighted by Crippen LogP contribution is -2.47. The van der Waals surface area contributed by atoms with Gasteiger partial charge in [0.1, 0.15) is 17.2 Å². The van der Waals surface area contributed by atoms with Crippen molar-refractivity contribution in [2.75, 3.05) is 82.3 Å². The molecule has 4 aromatic carbocycles. The number of nitrogens with one attached hydrogen (secondary N) is 3. The molecule has 8 rings (SSSR count). The molecule has 1 amide bonds. The standard InChI is InChI=1S/C47H55ClN8O7S/c1-32-45-41(51-50-32)6-4-7-43(45)63-44-28-36(55-22-20-54(21-23-55)31-34-16-17-47(2,3)30-39(34)33-8-10-35(48)11-9-33)12-14-38(44)46(57)52-64(60,61)37-13-15-40(42(29-37)56(58)59)49-18-5-19-53-24-26-62-27-25-53/h4,6-15,28-29,49H,5,16-27,30-31H2,1-3H3,(H,50,51)(H,52,57). The molecule has 3 heterocycles. The number of benzene rings is 4. The van der Waals surface area contributed by atoms with Crippen molar-refractivity contribution in [2.24, 2.45) is 5.41 Å². The molecule has 338 valence electrons. The van der Waals surface area contributed by atoms with Crippen LogP contribution < -0.4 is 19.7 Å². The molecule has 17 heteroatoms. The maximum Gasteiger partial charge on any atom is 0.293 e. The van der Waals surface area contributed by atoms with Gasteiger partial charge in [-0.15, -0.1) is 0 Å². The Morgan fingerprint density at radius 1 is 0.969 bits per heavy atom. The second kappa shape index (κ2) is 19.3. The number of nitrogens with zero attached hydrogens (tertiary/aromatic N) is 5. The number of fused-ring (bicyclic) bond motifs is 1. The summed E-state index contributed by atoms with van der Waals surface area (Å²) >= 11 is 6.25. The van der Waals surface area contributed by atoms with Crippen LogP contribution in [0.2, 0.25) is 5.02 Å². The van der Waals surface area contributed by atoms with Gasteiger partial charge in [0.2, 0.25) is 0 Å². The summed E-state index contributed by atoms with van der Waals surface area (Å²) in [6, 6.07) is 22.3. The normalized spacial score (nSPS) is 17.4. The second-order valence-corrected chi connectivity index (χ2v) is 19.7. The van der Waals surface area contributed by atoms with Crippen molar-refractivity contribution in [1.82, 2.24) is 24.7 Å².